The van der Waals surface area contributed by atoms with Gasteiger partial charge >= 0.3 is 11.7 Å². The summed E-state index contributed by atoms with van der Waals surface area (Å²) in [5, 5.41) is 15.8. The number of carbonyl (C=O) groups is 1. The molecule has 0 saturated carbocycles. The van der Waals surface area contributed by atoms with Crippen molar-refractivity contribution in [3.05, 3.63) is 10.5 Å². The van der Waals surface area contributed by atoms with Crippen molar-refractivity contribution in [2.24, 2.45) is 12.5 Å². The number of aliphatic carboxylic acids is 1. The third kappa shape index (κ3) is 3.62. The fraction of sp³-hybridized carbons (Fsp3) is 0.700. The van der Waals surface area contributed by atoms with Gasteiger partial charge in [0, 0.05) is 12.8 Å². The highest BCUT2D eigenvalue weighted by molar-refractivity contribution is 7.99. The number of aromatic nitrogens is 3. The summed E-state index contributed by atoms with van der Waals surface area (Å²) in [6.07, 6.45) is 1.37. The zero-order chi connectivity index (χ0) is 13.1. The van der Waals surface area contributed by atoms with E-state index in [4.69, 9.17) is 5.11 Å². The summed E-state index contributed by atoms with van der Waals surface area (Å²) in [5.41, 5.74) is -0.934. The van der Waals surface area contributed by atoms with E-state index < -0.39 is 11.4 Å². The lowest BCUT2D eigenvalue weighted by Crippen LogP contribution is -2.23. The van der Waals surface area contributed by atoms with Crippen LogP contribution in [-0.2, 0) is 11.8 Å². The zero-order valence-electron chi connectivity index (χ0n) is 10.2. The van der Waals surface area contributed by atoms with Crippen molar-refractivity contribution in [3.8, 4) is 0 Å². The van der Waals surface area contributed by atoms with Crippen LogP contribution in [0.2, 0.25) is 0 Å². The minimum absolute atomic E-state index is 0.238. The molecule has 0 fully saturated rings. The number of aromatic amines is 1. The maximum absolute atomic E-state index is 11.1. The standard InChI is InChI=1S/C10H17N3O3S/c1-10(2,7(14)15)5-4-6-17-9-12-11-8(16)13(9)3/h4-6H2,1-3H3,(H,11,16)(H,14,15). The number of rotatable bonds is 6. The minimum atomic E-state index is -0.783. The molecule has 0 unspecified atom stereocenters. The molecule has 0 bridgehead atoms. The maximum Gasteiger partial charge on any atom is 0.343 e. The topological polar surface area (TPSA) is 88.0 Å². The first kappa shape index (κ1) is 13.8. The number of H-pyrrole nitrogens is 1. The second-order valence-electron chi connectivity index (χ2n) is 4.51. The molecule has 17 heavy (non-hydrogen) atoms. The smallest absolute Gasteiger partial charge is 0.343 e. The highest BCUT2D eigenvalue weighted by Gasteiger charge is 2.26. The number of thioether (sulfide) groups is 1. The number of hydrogen-bond donors (Lipinski definition) is 2. The van der Waals surface area contributed by atoms with Crippen LogP contribution in [0.25, 0.3) is 0 Å². The van der Waals surface area contributed by atoms with Crippen LogP contribution in [0.4, 0.5) is 0 Å². The monoisotopic (exact) mass is 259 g/mol. The summed E-state index contributed by atoms with van der Waals surface area (Å²) >= 11 is 1.45. The Morgan fingerprint density at radius 2 is 2.24 bits per heavy atom. The molecular weight excluding hydrogens is 242 g/mol. The summed E-state index contributed by atoms with van der Waals surface area (Å²) in [4.78, 5) is 21.9. The van der Waals surface area contributed by atoms with Crippen molar-refractivity contribution in [2.45, 2.75) is 31.8 Å². The Kier molecular flexibility index (Phi) is 4.39. The summed E-state index contributed by atoms with van der Waals surface area (Å²) < 4.78 is 1.44. The third-order valence-corrected chi connectivity index (χ3v) is 3.71. The average Bonchev–Trinajstić information content (AvgIpc) is 2.55. The van der Waals surface area contributed by atoms with Gasteiger partial charge in [0.25, 0.3) is 0 Å². The lowest BCUT2D eigenvalue weighted by atomic mass is 9.88. The first-order chi connectivity index (χ1) is 7.84. The molecule has 0 atom stereocenters. The van der Waals surface area contributed by atoms with Gasteiger partial charge in [0.15, 0.2) is 5.16 Å². The van der Waals surface area contributed by atoms with E-state index in [0.29, 0.717) is 11.6 Å². The van der Waals surface area contributed by atoms with Gasteiger partial charge < -0.3 is 5.11 Å². The number of carboxylic acids is 1. The zero-order valence-corrected chi connectivity index (χ0v) is 11.0. The molecule has 0 radical (unpaired) electrons. The molecule has 0 aliphatic carbocycles. The second-order valence-corrected chi connectivity index (χ2v) is 5.57. The number of carboxylic acid groups (broad SMARTS) is 1. The van der Waals surface area contributed by atoms with Crippen molar-refractivity contribution in [1.29, 1.82) is 0 Å². The molecule has 0 amide bonds. The first-order valence-corrected chi connectivity index (χ1v) is 6.31. The van der Waals surface area contributed by atoms with Crippen LogP contribution in [0.5, 0.6) is 0 Å². The van der Waals surface area contributed by atoms with Crippen molar-refractivity contribution in [3.63, 3.8) is 0 Å². The summed E-state index contributed by atoms with van der Waals surface area (Å²) in [5.74, 6) is -0.0378. The average molecular weight is 259 g/mol. The van der Waals surface area contributed by atoms with Crippen molar-refractivity contribution >= 4 is 17.7 Å². The number of nitrogens with one attached hydrogen (secondary N) is 1. The van der Waals surface area contributed by atoms with Gasteiger partial charge in [-0.2, -0.15) is 0 Å². The molecule has 7 heteroatoms. The van der Waals surface area contributed by atoms with E-state index in [0.717, 1.165) is 12.2 Å². The van der Waals surface area contributed by atoms with Gasteiger partial charge in [0.2, 0.25) is 0 Å². The second kappa shape index (κ2) is 5.39. The van der Waals surface area contributed by atoms with Gasteiger partial charge in [-0.3, -0.25) is 9.36 Å². The highest BCUT2D eigenvalue weighted by atomic mass is 32.2. The van der Waals surface area contributed by atoms with E-state index in [2.05, 4.69) is 10.2 Å². The number of hydrogen-bond acceptors (Lipinski definition) is 4. The Balaban J connectivity index is 2.37. The molecule has 1 aromatic heterocycles. The van der Waals surface area contributed by atoms with E-state index in [1.165, 1.54) is 16.3 Å². The molecule has 0 aromatic carbocycles. The molecule has 1 rings (SSSR count). The van der Waals surface area contributed by atoms with Gasteiger partial charge in [0.05, 0.1) is 5.41 Å². The highest BCUT2D eigenvalue weighted by Crippen LogP contribution is 2.24. The van der Waals surface area contributed by atoms with E-state index in [1.807, 2.05) is 0 Å². The molecule has 0 saturated heterocycles. The van der Waals surface area contributed by atoms with Crippen LogP contribution >= 0.6 is 11.8 Å². The lowest BCUT2D eigenvalue weighted by Gasteiger charge is -2.18. The third-order valence-electron chi connectivity index (χ3n) is 2.59. The normalized spacial score (nSPS) is 11.7. The number of nitrogens with zero attached hydrogens (tertiary/aromatic N) is 2. The first-order valence-electron chi connectivity index (χ1n) is 5.32. The van der Waals surface area contributed by atoms with Gasteiger partial charge in [-0.25, -0.2) is 9.89 Å². The van der Waals surface area contributed by atoms with Gasteiger partial charge in [-0.1, -0.05) is 11.8 Å². The molecule has 0 spiro atoms. The van der Waals surface area contributed by atoms with Crippen molar-refractivity contribution in [1.82, 2.24) is 14.8 Å². The van der Waals surface area contributed by atoms with E-state index in [9.17, 15) is 9.59 Å². The Hall–Kier alpha value is -1.24. The molecule has 6 nitrogen and oxygen atoms in total. The minimum Gasteiger partial charge on any atom is -0.481 e. The van der Waals surface area contributed by atoms with Gasteiger partial charge in [0.1, 0.15) is 0 Å². The van der Waals surface area contributed by atoms with E-state index >= 15 is 0 Å². The van der Waals surface area contributed by atoms with Crippen LogP contribution < -0.4 is 5.69 Å². The molecule has 1 aromatic rings. The van der Waals surface area contributed by atoms with Crippen LogP contribution in [0, 0.1) is 5.41 Å². The van der Waals surface area contributed by atoms with E-state index in [-0.39, 0.29) is 5.69 Å². The predicted molar refractivity (Wildman–Crippen MR) is 65.2 cm³/mol. The van der Waals surface area contributed by atoms with E-state index in [1.54, 1.807) is 20.9 Å². The molecule has 0 aliphatic heterocycles. The summed E-state index contributed by atoms with van der Waals surface area (Å²) in [6, 6.07) is 0. The van der Waals surface area contributed by atoms with Gasteiger partial charge in [-0.05, 0) is 26.7 Å². The van der Waals surface area contributed by atoms with Crippen molar-refractivity contribution in [2.75, 3.05) is 5.75 Å². The molecular formula is C10H17N3O3S. The van der Waals surface area contributed by atoms with Gasteiger partial charge in [-0.15, -0.1) is 5.10 Å². The Morgan fingerprint density at radius 1 is 1.59 bits per heavy atom. The summed E-state index contributed by atoms with van der Waals surface area (Å²) in [6.45, 7) is 3.43. The molecule has 1 heterocycles. The summed E-state index contributed by atoms with van der Waals surface area (Å²) in [7, 11) is 1.65. The fourth-order valence-corrected chi connectivity index (χ4v) is 2.10. The lowest BCUT2D eigenvalue weighted by molar-refractivity contribution is -0.147. The fourth-order valence-electron chi connectivity index (χ4n) is 1.25. The Bertz CT molecular complexity index is 450. The Labute approximate surface area is 103 Å². The van der Waals surface area contributed by atoms with Crippen LogP contribution in [0.3, 0.4) is 0 Å². The van der Waals surface area contributed by atoms with Crippen molar-refractivity contribution < 1.29 is 9.90 Å². The SMILES string of the molecule is Cn1c(SCCCC(C)(C)C(=O)O)n[nH]c1=O. The van der Waals surface area contributed by atoms with Crippen LogP contribution in [0.15, 0.2) is 9.95 Å². The predicted octanol–water partition coefficient (Wildman–Crippen LogP) is 1.09. The molecule has 2 N–H and O–H groups in total. The quantitative estimate of drug-likeness (QED) is 0.590. The van der Waals surface area contributed by atoms with Crippen LogP contribution in [0.1, 0.15) is 26.7 Å². The Morgan fingerprint density at radius 3 is 2.71 bits per heavy atom. The largest absolute Gasteiger partial charge is 0.481 e. The molecule has 96 valence electrons. The molecule has 0 aliphatic rings. The van der Waals surface area contributed by atoms with Crippen LogP contribution in [-0.4, -0.2) is 31.6 Å². The maximum atomic E-state index is 11.1.